The van der Waals surface area contributed by atoms with E-state index in [2.05, 4.69) is 10.6 Å². The number of likely N-dealkylation sites (N-methyl/N-ethyl adjacent to an activating group) is 1. The molecule has 0 atom stereocenters. The van der Waals surface area contributed by atoms with Gasteiger partial charge in [0.05, 0.1) is 13.2 Å². The summed E-state index contributed by atoms with van der Waals surface area (Å²) in [5.74, 6) is -1.86. The van der Waals surface area contributed by atoms with Crippen LogP contribution in [-0.4, -0.2) is 50.7 Å². The number of imide groups is 1. The molecule has 1 rings (SSSR count). The standard InChI is InChI=1S/C14H19F2N3O3/c1-19(8-10-3-4-11(15)7-12(10)16)9-13(20)18-14(21)17-5-6-22-2/h3-4,7H,5-6,8-9H2,1-2H3,(H2,17,18,20,21). The zero-order valence-electron chi connectivity index (χ0n) is 12.5. The van der Waals surface area contributed by atoms with Crippen LogP contribution >= 0.6 is 0 Å². The maximum atomic E-state index is 13.5. The molecular weight excluding hydrogens is 296 g/mol. The van der Waals surface area contributed by atoms with Crippen LogP contribution < -0.4 is 10.6 Å². The molecule has 0 saturated carbocycles. The lowest BCUT2D eigenvalue weighted by Crippen LogP contribution is -2.44. The van der Waals surface area contributed by atoms with E-state index < -0.39 is 23.6 Å². The van der Waals surface area contributed by atoms with Crippen molar-refractivity contribution in [3.05, 3.63) is 35.4 Å². The molecule has 1 aromatic carbocycles. The second-order valence-electron chi connectivity index (χ2n) is 4.70. The Bertz CT molecular complexity index is 526. The van der Waals surface area contributed by atoms with Gasteiger partial charge in [-0.15, -0.1) is 0 Å². The number of benzene rings is 1. The minimum atomic E-state index is -0.676. The van der Waals surface area contributed by atoms with Gasteiger partial charge in [-0.25, -0.2) is 13.6 Å². The third kappa shape index (κ3) is 6.59. The number of carbonyl (C=O) groups is 2. The van der Waals surface area contributed by atoms with Gasteiger partial charge in [0.15, 0.2) is 0 Å². The number of nitrogens with one attached hydrogen (secondary N) is 2. The fourth-order valence-corrected chi connectivity index (χ4v) is 1.72. The van der Waals surface area contributed by atoms with Crippen LogP contribution in [0.3, 0.4) is 0 Å². The SMILES string of the molecule is COCCNC(=O)NC(=O)CN(C)Cc1ccc(F)cc1F. The topological polar surface area (TPSA) is 70.7 Å². The number of amides is 3. The summed E-state index contributed by atoms with van der Waals surface area (Å²) in [7, 11) is 3.08. The second kappa shape index (κ2) is 9.06. The van der Waals surface area contributed by atoms with Crippen molar-refractivity contribution < 1.29 is 23.1 Å². The van der Waals surface area contributed by atoms with E-state index in [4.69, 9.17) is 4.74 Å². The first kappa shape index (κ1) is 18.0. The molecule has 6 nitrogen and oxygen atoms in total. The highest BCUT2D eigenvalue weighted by atomic mass is 19.1. The Morgan fingerprint density at radius 3 is 2.68 bits per heavy atom. The Kier molecular flexibility index (Phi) is 7.41. The lowest BCUT2D eigenvalue weighted by molar-refractivity contribution is -0.121. The fourth-order valence-electron chi connectivity index (χ4n) is 1.72. The summed E-state index contributed by atoms with van der Waals surface area (Å²) in [6, 6.07) is 2.63. The molecule has 0 aliphatic heterocycles. The third-order valence-corrected chi connectivity index (χ3v) is 2.71. The number of methoxy groups -OCH3 is 1. The molecule has 0 aromatic heterocycles. The van der Waals surface area contributed by atoms with Crippen LogP contribution in [0, 0.1) is 11.6 Å². The lowest BCUT2D eigenvalue weighted by Gasteiger charge is -2.16. The van der Waals surface area contributed by atoms with E-state index in [9.17, 15) is 18.4 Å². The van der Waals surface area contributed by atoms with Crippen molar-refractivity contribution in [1.82, 2.24) is 15.5 Å². The van der Waals surface area contributed by atoms with Gasteiger partial charge in [-0.2, -0.15) is 0 Å². The zero-order chi connectivity index (χ0) is 16.5. The quantitative estimate of drug-likeness (QED) is 0.733. The van der Waals surface area contributed by atoms with Crippen molar-refractivity contribution in [2.24, 2.45) is 0 Å². The van der Waals surface area contributed by atoms with Crippen LogP contribution in [0.25, 0.3) is 0 Å². The molecule has 2 N–H and O–H groups in total. The van der Waals surface area contributed by atoms with Crippen LogP contribution in [0.1, 0.15) is 5.56 Å². The van der Waals surface area contributed by atoms with Gasteiger partial charge in [0.1, 0.15) is 11.6 Å². The predicted octanol–water partition coefficient (Wildman–Crippen LogP) is 0.869. The van der Waals surface area contributed by atoms with Gasteiger partial charge in [-0.1, -0.05) is 6.07 Å². The number of rotatable bonds is 7. The van der Waals surface area contributed by atoms with Crippen molar-refractivity contribution in [1.29, 1.82) is 0 Å². The van der Waals surface area contributed by atoms with Crippen molar-refractivity contribution in [2.75, 3.05) is 33.9 Å². The molecule has 0 bridgehead atoms. The molecule has 0 aliphatic carbocycles. The minimum Gasteiger partial charge on any atom is -0.383 e. The fraction of sp³-hybridized carbons (Fsp3) is 0.429. The summed E-state index contributed by atoms with van der Waals surface area (Å²) in [5, 5.41) is 4.58. The number of hydrogen-bond acceptors (Lipinski definition) is 4. The Balaban J connectivity index is 2.39. The molecule has 0 unspecified atom stereocenters. The van der Waals surface area contributed by atoms with Gasteiger partial charge >= 0.3 is 6.03 Å². The molecule has 122 valence electrons. The Labute approximate surface area is 127 Å². The highest BCUT2D eigenvalue weighted by Crippen LogP contribution is 2.11. The predicted molar refractivity (Wildman–Crippen MR) is 76.1 cm³/mol. The maximum absolute atomic E-state index is 13.5. The molecule has 8 heteroatoms. The van der Waals surface area contributed by atoms with Crippen molar-refractivity contribution >= 4 is 11.9 Å². The van der Waals surface area contributed by atoms with E-state index in [1.54, 1.807) is 7.05 Å². The van der Waals surface area contributed by atoms with Crippen molar-refractivity contribution in [2.45, 2.75) is 6.54 Å². The Morgan fingerprint density at radius 2 is 2.05 bits per heavy atom. The molecule has 1 aromatic rings. The molecule has 0 radical (unpaired) electrons. The monoisotopic (exact) mass is 315 g/mol. The molecular formula is C14H19F2N3O3. The van der Waals surface area contributed by atoms with Crippen molar-refractivity contribution in [3.8, 4) is 0 Å². The largest absolute Gasteiger partial charge is 0.383 e. The average molecular weight is 315 g/mol. The summed E-state index contributed by atoms with van der Waals surface area (Å²) >= 11 is 0. The first-order valence-electron chi connectivity index (χ1n) is 6.61. The van der Waals surface area contributed by atoms with Crippen LogP contribution in [-0.2, 0) is 16.1 Å². The van der Waals surface area contributed by atoms with E-state index in [-0.39, 0.29) is 25.2 Å². The number of nitrogens with zero attached hydrogens (tertiary/aromatic N) is 1. The average Bonchev–Trinajstić information content (AvgIpc) is 2.42. The number of urea groups is 1. The first-order chi connectivity index (χ1) is 10.4. The van der Waals surface area contributed by atoms with E-state index in [0.29, 0.717) is 6.61 Å². The van der Waals surface area contributed by atoms with Crippen LogP contribution in [0.15, 0.2) is 18.2 Å². The highest BCUT2D eigenvalue weighted by molar-refractivity contribution is 5.95. The highest BCUT2D eigenvalue weighted by Gasteiger charge is 2.12. The zero-order valence-corrected chi connectivity index (χ0v) is 12.5. The number of halogens is 2. The summed E-state index contributed by atoms with van der Waals surface area (Å²) in [6.07, 6.45) is 0. The second-order valence-corrected chi connectivity index (χ2v) is 4.70. The molecule has 0 heterocycles. The van der Waals surface area contributed by atoms with Gasteiger partial charge in [-0.3, -0.25) is 15.0 Å². The van der Waals surface area contributed by atoms with Crippen LogP contribution in [0.5, 0.6) is 0 Å². The Morgan fingerprint density at radius 1 is 1.32 bits per heavy atom. The maximum Gasteiger partial charge on any atom is 0.321 e. The smallest absolute Gasteiger partial charge is 0.321 e. The molecule has 3 amide bonds. The van der Waals surface area contributed by atoms with E-state index >= 15 is 0 Å². The van der Waals surface area contributed by atoms with Gasteiger partial charge in [0.2, 0.25) is 5.91 Å². The summed E-state index contributed by atoms with van der Waals surface area (Å²) in [4.78, 5) is 24.5. The Hall–Kier alpha value is -2.06. The van der Waals surface area contributed by atoms with Gasteiger partial charge < -0.3 is 10.1 Å². The molecule has 0 saturated heterocycles. The van der Waals surface area contributed by atoms with E-state index in [1.165, 1.54) is 18.1 Å². The number of hydrogen-bond donors (Lipinski definition) is 2. The summed E-state index contributed by atoms with van der Waals surface area (Å²) in [5.41, 5.74) is 0.265. The van der Waals surface area contributed by atoms with E-state index in [0.717, 1.165) is 12.1 Å². The van der Waals surface area contributed by atoms with E-state index in [1.807, 2.05) is 0 Å². The lowest BCUT2D eigenvalue weighted by atomic mass is 10.2. The van der Waals surface area contributed by atoms with Crippen LogP contribution in [0.4, 0.5) is 13.6 Å². The molecule has 0 spiro atoms. The molecule has 0 fully saturated rings. The van der Waals surface area contributed by atoms with Gasteiger partial charge in [-0.05, 0) is 13.1 Å². The minimum absolute atomic E-state index is 0.103. The third-order valence-electron chi connectivity index (χ3n) is 2.71. The van der Waals surface area contributed by atoms with Crippen LogP contribution in [0.2, 0.25) is 0 Å². The van der Waals surface area contributed by atoms with Crippen molar-refractivity contribution in [3.63, 3.8) is 0 Å². The molecule has 22 heavy (non-hydrogen) atoms. The number of ether oxygens (including phenoxy) is 1. The van der Waals surface area contributed by atoms with Gasteiger partial charge in [0, 0.05) is 31.8 Å². The summed E-state index contributed by atoms with van der Waals surface area (Å²) < 4.78 is 31.0. The van der Waals surface area contributed by atoms with Gasteiger partial charge in [0.25, 0.3) is 0 Å². The first-order valence-corrected chi connectivity index (χ1v) is 6.61. The summed E-state index contributed by atoms with van der Waals surface area (Å²) in [6.45, 7) is 0.636. The normalized spacial score (nSPS) is 10.6. The number of carbonyl (C=O) groups excluding carboxylic acids is 2. The molecule has 0 aliphatic rings.